The molecule has 0 saturated heterocycles. The zero-order chi connectivity index (χ0) is 22.1. The van der Waals surface area contributed by atoms with Gasteiger partial charge >= 0.3 is 30.3 Å². The SMILES string of the molecule is O=C(OCc1ccccc1)N(CCNC(=O)C(F)(F)F)CCNC(=O)C(F)(F)F. The van der Waals surface area contributed by atoms with E-state index in [0.717, 1.165) is 4.90 Å². The van der Waals surface area contributed by atoms with Crippen LogP contribution in [0.4, 0.5) is 31.1 Å². The molecule has 1 aromatic rings. The molecule has 13 heteroatoms. The van der Waals surface area contributed by atoms with Crippen LogP contribution in [0.5, 0.6) is 0 Å². The Balaban J connectivity index is 2.62. The van der Waals surface area contributed by atoms with Gasteiger partial charge in [0.15, 0.2) is 0 Å². The second kappa shape index (κ2) is 10.5. The van der Waals surface area contributed by atoms with Gasteiger partial charge in [-0.1, -0.05) is 30.3 Å². The van der Waals surface area contributed by atoms with E-state index >= 15 is 0 Å². The van der Waals surface area contributed by atoms with Crippen LogP contribution in [-0.4, -0.2) is 61.3 Å². The van der Waals surface area contributed by atoms with E-state index in [1.165, 1.54) is 10.6 Å². The van der Waals surface area contributed by atoms with Crippen LogP contribution in [0.1, 0.15) is 5.56 Å². The fourth-order valence-corrected chi connectivity index (χ4v) is 1.91. The molecule has 162 valence electrons. The van der Waals surface area contributed by atoms with Gasteiger partial charge in [0.1, 0.15) is 6.61 Å². The summed E-state index contributed by atoms with van der Waals surface area (Å²) in [5.74, 6) is -4.47. The number of hydrogen-bond acceptors (Lipinski definition) is 4. The van der Waals surface area contributed by atoms with E-state index < -0.39 is 56.4 Å². The van der Waals surface area contributed by atoms with Gasteiger partial charge in [-0.3, -0.25) is 9.59 Å². The van der Waals surface area contributed by atoms with Gasteiger partial charge in [0, 0.05) is 26.2 Å². The van der Waals surface area contributed by atoms with Crippen molar-refractivity contribution in [2.75, 3.05) is 26.2 Å². The maximum absolute atomic E-state index is 12.2. The lowest BCUT2D eigenvalue weighted by molar-refractivity contribution is -0.173. The van der Waals surface area contributed by atoms with Crippen LogP contribution in [0.2, 0.25) is 0 Å². The number of hydrogen-bond donors (Lipinski definition) is 2. The Morgan fingerprint density at radius 1 is 0.828 bits per heavy atom. The molecule has 1 rings (SSSR count). The molecule has 0 fully saturated rings. The van der Waals surface area contributed by atoms with Crippen molar-refractivity contribution < 1.29 is 45.5 Å². The Labute approximate surface area is 161 Å². The van der Waals surface area contributed by atoms with Crippen LogP contribution in [0.25, 0.3) is 0 Å². The normalized spacial score (nSPS) is 11.5. The highest BCUT2D eigenvalue weighted by molar-refractivity contribution is 5.82. The molecule has 0 heterocycles. The Morgan fingerprint density at radius 3 is 1.69 bits per heavy atom. The number of rotatable bonds is 8. The summed E-state index contributed by atoms with van der Waals surface area (Å²) in [6.45, 7) is -2.44. The first-order valence-electron chi connectivity index (χ1n) is 8.07. The summed E-state index contributed by atoms with van der Waals surface area (Å²) >= 11 is 0. The number of carbonyl (C=O) groups is 3. The lowest BCUT2D eigenvalue weighted by atomic mass is 10.2. The molecule has 0 radical (unpaired) electrons. The molecular formula is C16H17F6N3O4. The maximum atomic E-state index is 12.2. The summed E-state index contributed by atoms with van der Waals surface area (Å²) in [6.07, 6.45) is -11.3. The van der Waals surface area contributed by atoms with Gasteiger partial charge in [0.2, 0.25) is 0 Å². The minimum atomic E-state index is -5.13. The standard InChI is InChI=1S/C16H17F6N3O4/c17-15(18,19)12(26)23-6-8-25(9-7-24-13(27)16(20,21)22)14(28)29-10-11-4-2-1-3-5-11/h1-5H,6-10H2,(H,23,26)(H,24,27). The monoisotopic (exact) mass is 429 g/mol. The van der Waals surface area contributed by atoms with Gasteiger partial charge in [-0.2, -0.15) is 26.3 Å². The molecule has 2 N–H and O–H groups in total. The van der Waals surface area contributed by atoms with Gasteiger partial charge in [0.25, 0.3) is 0 Å². The van der Waals surface area contributed by atoms with Crippen molar-refractivity contribution in [3.05, 3.63) is 35.9 Å². The smallest absolute Gasteiger partial charge is 0.445 e. The maximum Gasteiger partial charge on any atom is 0.471 e. The molecule has 0 aromatic heterocycles. The first kappa shape index (κ1) is 24.0. The minimum Gasteiger partial charge on any atom is -0.445 e. The number of ether oxygens (including phenoxy) is 1. The van der Waals surface area contributed by atoms with Crippen LogP contribution in [0, 0.1) is 0 Å². The van der Waals surface area contributed by atoms with E-state index in [9.17, 15) is 40.7 Å². The van der Waals surface area contributed by atoms with Crippen molar-refractivity contribution >= 4 is 17.9 Å². The van der Waals surface area contributed by atoms with Crippen molar-refractivity contribution in [1.29, 1.82) is 0 Å². The molecule has 0 unspecified atom stereocenters. The van der Waals surface area contributed by atoms with E-state index in [2.05, 4.69) is 0 Å². The summed E-state index contributed by atoms with van der Waals surface area (Å²) in [5.41, 5.74) is 0.594. The van der Waals surface area contributed by atoms with E-state index in [1.807, 2.05) is 0 Å². The topological polar surface area (TPSA) is 87.7 Å². The van der Waals surface area contributed by atoms with Crippen LogP contribution < -0.4 is 10.6 Å². The molecule has 0 atom stereocenters. The van der Waals surface area contributed by atoms with Crippen molar-refractivity contribution in [3.63, 3.8) is 0 Å². The first-order chi connectivity index (χ1) is 13.4. The van der Waals surface area contributed by atoms with E-state index in [4.69, 9.17) is 4.74 Å². The highest BCUT2D eigenvalue weighted by Gasteiger charge is 2.39. The summed E-state index contributed by atoms with van der Waals surface area (Å²) in [7, 11) is 0. The molecule has 0 spiro atoms. The van der Waals surface area contributed by atoms with Crippen molar-refractivity contribution in [2.24, 2.45) is 0 Å². The number of halogens is 6. The lowest BCUT2D eigenvalue weighted by Gasteiger charge is -2.23. The van der Waals surface area contributed by atoms with E-state index in [1.54, 1.807) is 30.3 Å². The third-order valence-electron chi connectivity index (χ3n) is 3.31. The van der Waals surface area contributed by atoms with E-state index in [-0.39, 0.29) is 6.61 Å². The van der Waals surface area contributed by atoms with E-state index in [0.29, 0.717) is 5.56 Å². The Hall–Kier alpha value is -2.99. The largest absolute Gasteiger partial charge is 0.471 e. The Morgan fingerprint density at radius 2 is 1.28 bits per heavy atom. The highest BCUT2D eigenvalue weighted by Crippen LogP contribution is 2.14. The predicted molar refractivity (Wildman–Crippen MR) is 86.3 cm³/mol. The van der Waals surface area contributed by atoms with Crippen LogP contribution >= 0.6 is 0 Å². The molecule has 0 bridgehead atoms. The molecule has 7 nitrogen and oxygen atoms in total. The molecule has 3 amide bonds. The quantitative estimate of drug-likeness (QED) is 0.619. The summed E-state index contributed by atoms with van der Waals surface area (Å²) in [4.78, 5) is 34.4. The van der Waals surface area contributed by atoms with Crippen molar-refractivity contribution in [2.45, 2.75) is 19.0 Å². The molecule has 0 aliphatic rings. The van der Waals surface area contributed by atoms with Gasteiger partial charge in [-0.05, 0) is 5.56 Å². The average Bonchev–Trinajstić information content (AvgIpc) is 2.63. The second-order valence-corrected chi connectivity index (χ2v) is 5.53. The minimum absolute atomic E-state index is 0.194. The number of nitrogens with one attached hydrogen (secondary N) is 2. The summed E-state index contributed by atoms with van der Waals surface area (Å²) in [6, 6.07) is 8.31. The lowest BCUT2D eigenvalue weighted by Crippen LogP contribution is -2.46. The zero-order valence-corrected chi connectivity index (χ0v) is 14.8. The number of carbonyl (C=O) groups excluding carboxylic acids is 3. The fraction of sp³-hybridized carbons (Fsp3) is 0.438. The van der Waals surface area contributed by atoms with Crippen LogP contribution in [0.3, 0.4) is 0 Å². The molecule has 1 aromatic carbocycles. The molecule has 0 saturated carbocycles. The van der Waals surface area contributed by atoms with Gasteiger partial charge in [0.05, 0.1) is 0 Å². The van der Waals surface area contributed by atoms with Gasteiger partial charge in [-0.25, -0.2) is 4.79 Å². The first-order valence-corrected chi connectivity index (χ1v) is 8.07. The number of benzene rings is 1. The summed E-state index contributed by atoms with van der Waals surface area (Å²) in [5, 5.41) is 3.05. The third-order valence-corrected chi connectivity index (χ3v) is 3.31. The number of nitrogens with zero attached hydrogens (tertiary/aromatic N) is 1. The van der Waals surface area contributed by atoms with Gasteiger partial charge < -0.3 is 20.3 Å². The number of amides is 3. The molecular weight excluding hydrogens is 412 g/mol. The predicted octanol–water partition coefficient (Wildman–Crippen LogP) is 1.98. The molecule has 0 aliphatic carbocycles. The van der Waals surface area contributed by atoms with Crippen LogP contribution in [0.15, 0.2) is 30.3 Å². The Bertz CT molecular complexity index is 662. The average molecular weight is 429 g/mol. The molecule has 0 aliphatic heterocycles. The Kier molecular flexibility index (Phi) is 8.73. The fourth-order valence-electron chi connectivity index (χ4n) is 1.91. The molecule has 29 heavy (non-hydrogen) atoms. The van der Waals surface area contributed by atoms with Crippen LogP contribution in [-0.2, 0) is 20.9 Å². The van der Waals surface area contributed by atoms with Gasteiger partial charge in [-0.15, -0.1) is 0 Å². The number of alkyl halides is 6. The van der Waals surface area contributed by atoms with Crippen molar-refractivity contribution in [1.82, 2.24) is 15.5 Å². The third kappa shape index (κ3) is 9.17. The second-order valence-electron chi connectivity index (χ2n) is 5.53. The zero-order valence-electron chi connectivity index (χ0n) is 14.8. The summed E-state index contributed by atoms with van der Waals surface area (Å²) < 4.78 is 78.0. The van der Waals surface area contributed by atoms with Crippen molar-refractivity contribution in [3.8, 4) is 0 Å². The highest BCUT2D eigenvalue weighted by atomic mass is 19.4.